The summed E-state index contributed by atoms with van der Waals surface area (Å²) in [6.45, 7) is 3.86. The standard InChI is InChI=1S/C19H20ClNO3/c1-12-9-13(2)19(16(20)10-12)21-18(22)8-5-14-11-15(23-3)6-7-17(14)24-4/h5-11H,1-4H3,(H,21,22). The lowest BCUT2D eigenvalue weighted by atomic mass is 10.1. The third kappa shape index (κ3) is 4.30. The molecule has 0 saturated heterocycles. The molecule has 0 heterocycles. The van der Waals surface area contributed by atoms with Gasteiger partial charge < -0.3 is 14.8 Å². The number of hydrogen-bond donors (Lipinski definition) is 1. The van der Waals surface area contributed by atoms with Crippen LogP contribution in [-0.2, 0) is 4.79 Å². The van der Waals surface area contributed by atoms with E-state index in [1.807, 2.05) is 26.0 Å². The molecule has 2 rings (SSSR count). The molecule has 0 aromatic heterocycles. The first-order valence-electron chi connectivity index (χ1n) is 7.42. The van der Waals surface area contributed by atoms with Crippen LogP contribution in [0.2, 0.25) is 5.02 Å². The highest BCUT2D eigenvalue weighted by atomic mass is 35.5. The maximum Gasteiger partial charge on any atom is 0.248 e. The fraction of sp³-hybridized carbons (Fsp3) is 0.211. The number of benzene rings is 2. The van der Waals surface area contributed by atoms with Crippen LogP contribution in [0.15, 0.2) is 36.4 Å². The van der Waals surface area contributed by atoms with Gasteiger partial charge in [0.05, 0.1) is 24.9 Å². The van der Waals surface area contributed by atoms with Crippen molar-refractivity contribution in [2.24, 2.45) is 0 Å². The monoisotopic (exact) mass is 345 g/mol. The van der Waals surface area contributed by atoms with Gasteiger partial charge in [-0.05, 0) is 55.3 Å². The van der Waals surface area contributed by atoms with Crippen molar-refractivity contribution in [2.75, 3.05) is 19.5 Å². The van der Waals surface area contributed by atoms with Gasteiger partial charge in [0.1, 0.15) is 11.5 Å². The molecular weight excluding hydrogens is 326 g/mol. The van der Waals surface area contributed by atoms with Crippen molar-refractivity contribution >= 4 is 29.3 Å². The van der Waals surface area contributed by atoms with Crippen LogP contribution in [0.5, 0.6) is 11.5 Å². The van der Waals surface area contributed by atoms with Crippen molar-refractivity contribution < 1.29 is 14.3 Å². The zero-order valence-corrected chi connectivity index (χ0v) is 14.9. The minimum Gasteiger partial charge on any atom is -0.497 e. The normalized spacial score (nSPS) is 10.7. The molecule has 0 fully saturated rings. The van der Waals surface area contributed by atoms with Crippen LogP contribution >= 0.6 is 11.6 Å². The van der Waals surface area contributed by atoms with Gasteiger partial charge >= 0.3 is 0 Å². The maximum atomic E-state index is 12.2. The van der Waals surface area contributed by atoms with E-state index in [0.29, 0.717) is 22.2 Å². The number of ether oxygens (including phenoxy) is 2. The van der Waals surface area contributed by atoms with E-state index in [4.69, 9.17) is 21.1 Å². The fourth-order valence-electron chi connectivity index (χ4n) is 2.37. The van der Waals surface area contributed by atoms with Gasteiger partial charge in [0.2, 0.25) is 5.91 Å². The summed E-state index contributed by atoms with van der Waals surface area (Å²) in [5.41, 5.74) is 3.33. The predicted octanol–water partition coefficient (Wildman–Crippen LogP) is 4.63. The molecule has 0 saturated carbocycles. The number of carbonyl (C=O) groups is 1. The first kappa shape index (κ1) is 17.9. The molecule has 2 aromatic carbocycles. The van der Waals surface area contributed by atoms with Gasteiger partial charge in [0.25, 0.3) is 0 Å². The highest BCUT2D eigenvalue weighted by Gasteiger charge is 2.08. The quantitative estimate of drug-likeness (QED) is 0.804. The Kier molecular flexibility index (Phi) is 5.88. The highest BCUT2D eigenvalue weighted by Crippen LogP contribution is 2.28. The summed E-state index contributed by atoms with van der Waals surface area (Å²) in [5.74, 6) is 1.08. The summed E-state index contributed by atoms with van der Waals surface area (Å²) in [6.07, 6.45) is 3.11. The average molecular weight is 346 g/mol. The Hall–Kier alpha value is -2.46. The lowest BCUT2D eigenvalue weighted by Crippen LogP contribution is -2.09. The summed E-state index contributed by atoms with van der Waals surface area (Å²) < 4.78 is 10.5. The van der Waals surface area contributed by atoms with Crippen LogP contribution in [-0.4, -0.2) is 20.1 Å². The molecule has 5 heteroatoms. The molecule has 0 aliphatic carbocycles. The second-order valence-corrected chi connectivity index (χ2v) is 5.78. The van der Waals surface area contributed by atoms with E-state index in [1.54, 1.807) is 38.5 Å². The average Bonchev–Trinajstić information content (AvgIpc) is 2.55. The molecule has 0 bridgehead atoms. The Labute approximate surface area is 147 Å². The summed E-state index contributed by atoms with van der Waals surface area (Å²) >= 11 is 6.21. The first-order chi connectivity index (χ1) is 11.4. The summed E-state index contributed by atoms with van der Waals surface area (Å²) in [5, 5.41) is 3.33. The second kappa shape index (κ2) is 7.88. The Balaban J connectivity index is 2.20. The van der Waals surface area contributed by atoms with E-state index >= 15 is 0 Å². The van der Waals surface area contributed by atoms with Gasteiger partial charge in [-0.2, -0.15) is 0 Å². The van der Waals surface area contributed by atoms with Gasteiger partial charge in [-0.3, -0.25) is 4.79 Å². The van der Waals surface area contributed by atoms with Crippen molar-refractivity contribution in [2.45, 2.75) is 13.8 Å². The number of amides is 1. The van der Waals surface area contributed by atoms with Crippen molar-refractivity contribution in [1.82, 2.24) is 0 Å². The minimum atomic E-state index is -0.270. The van der Waals surface area contributed by atoms with E-state index in [1.165, 1.54) is 6.08 Å². The van der Waals surface area contributed by atoms with Crippen LogP contribution in [0.4, 0.5) is 5.69 Å². The number of hydrogen-bond acceptors (Lipinski definition) is 3. The molecular formula is C19H20ClNO3. The third-order valence-corrected chi connectivity index (χ3v) is 3.83. The Morgan fingerprint density at radius 2 is 1.88 bits per heavy atom. The zero-order valence-electron chi connectivity index (χ0n) is 14.1. The third-order valence-electron chi connectivity index (χ3n) is 3.53. The summed E-state index contributed by atoms with van der Waals surface area (Å²) in [7, 11) is 3.17. The molecule has 0 radical (unpaired) electrons. The number of rotatable bonds is 5. The van der Waals surface area contributed by atoms with E-state index < -0.39 is 0 Å². The fourth-order valence-corrected chi connectivity index (χ4v) is 2.74. The van der Waals surface area contributed by atoms with Gasteiger partial charge in [-0.1, -0.05) is 17.7 Å². The number of anilines is 1. The molecule has 0 unspecified atom stereocenters. The highest BCUT2D eigenvalue weighted by molar-refractivity contribution is 6.34. The van der Waals surface area contributed by atoms with Crippen molar-refractivity contribution in [3.63, 3.8) is 0 Å². The molecule has 24 heavy (non-hydrogen) atoms. The Morgan fingerprint density at radius 3 is 2.50 bits per heavy atom. The van der Waals surface area contributed by atoms with Crippen LogP contribution in [0.3, 0.4) is 0 Å². The number of aryl methyl sites for hydroxylation is 2. The molecule has 0 spiro atoms. The molecule has 0 atom stereocenters. The zero-order chi connectivity index (χ0) is 17.7. The second-order valence-electron chi connectivity index (χ2n) is 5.37. The van der Waals surface area contributed by atoms with Crippen LogP contribution in [0, 0.1) is 13.8 Å². The molecule has 0 aliphatic heterocycles. The maximum absolute atomic E-state index is 12.2. The topological polar surface area (TPSA) is 47.6 Å². The molecule has 4 nitrogen and oxygen atoms in total. The lowest BCUT2D eigenvalue weighted by Gasteiger charge is -2.10. The van der Waals surface area contributed by atoms with Crippen LogP contribution < -0.4 is 14.8 Å². The largest absolute Gasteiger partial charge is 0.497 e. The van der Waals surface area contributed by atoms with Crippen molar-refractivity contribution in [1.29, 1.82) is 0 Å². The molecule has 1 N–H and O–H groups in total. The van der Waals surface area contributed by atoms with Gasteiger partial charge in [-0.15, -0.1) is 0 Å². The SMILES string of the molecule is COc1ccc(OC)c(C=CC(=O)Nc2c(C)cc(C)cc2Cl)c1. The molecule has 0 aliphatic rings. The number of nitrogens with one attached hydrogen (secondary N) is 1. The summed E-state index contributed by atoms with van der Waals surface area (Å²) in [6, 6.07) is 9.17. The van der Waals surface area contributed by atoms with Gasteiger partial charge in [-0.25, -0.2) is 0 Å². The lowest BCUT2D eigenvalue weighted by molar-refractivity contribution is -0.111. The Morgan fingerprint density at radius 1 is 1.12 bits per heavy atom. The van der Waals surface area contributed by atoms with Crippen LogP contribution in [0.25, 0.3) is 6.08 Å². The molecule has 2 aromatic rings. The number of carbonyl (C=O) groups excluding carboxylic acids is 1. The molecule has 126 valence electrons. The Bertz CT molecular complexity index is 761. The van der Waals surface area contributed by atoms with E-state index in [9.17, 15) is 4.79 Å². The van der Waals surface area contributed by atoms with E-state index in [0.717, 1.165) is 16.7 Å². The van der Waals surface area contributed by atoms with Crippen molar-refractivity contribution in [3.05, 3.63) is 58.1 Å². The van der Waals surface area contributed by atoms with Crippen molar-refractivity contribution in [3.8, 4) is 11.5 Å². The predicted molar refractivity (Wildman–Crippen MR) is 98.1 cm³/mol. The summed E-state index contributed by atoms with van der Waals surface area (Å²) in [4.78, 5) is 12.2. The van der Waals surface area contributed by atoms with Crippen LogP contribution in [0.1, 0.15) is 16.7 Å². The van der Waals surface area contributed by atoms with E-state index in [-0.39, 0.29) is 5.91 Å². The number of methoxy groups -OCH3 is 2. The first-order valence-corrected chi connectivity index (χ1v) is 7.80. The number of halogens is 1. The van der Waals surface area contributed by atoms with Gasteiger partial charge in [0.15, 0.2) is 0 Å². The minimum absolute atomic E-state index is 0.270. The molecule has 1 amide bonds. The van der Waals surface area contributed by atoms with Gasteiger partial charge in [0, 0.05) is 11.6 Å². The van der Waals surface area contributed by atoms with E-state index in [2.05, 4.69) is 5.32 Å². The smallest absolute Gasteiger partial charge is 0.248 e.